The minimum atomic E-state index is -0.686. The van der Waals surface area contributed by atoms with Gasteiger partial charge in [0.15, 0.2) is 0 Å². The lowest BCUT2D eigenvalue weighted by Crippen LogP contribution is -2.27. The van der Waals surface area contributed by atoms with Crippen LogP contribution in [0.25, 0.3) is 11.0 Å². The number of methoxy groups -OCH3 is 2. The Hall–Kier alpha value is -2.19. The lowest BCUT2D eigenvalue weighted by atomic mass is 9.97. The van der Waals surface area contributed by atoms with Gasteiger partial charge in [0.25, 0.3) is 0 Å². The van der Waals surface area contributed by atoms with Gasteiger partial charge >= 0.3 is 5.97 Å². The summed E-state index contributed by atoms with van der Waals surface area (Å²) in [5, 5.41) is 0.248. The number of carbonyl (C=O) groups excluding carboxylic acids is 1. The number of rotatable bonds is 7. The van der Waals surface area contributed by atoms with Crippen molar-refractivity contribution in [3.05, 3.63) is 34.2 Å². The van der Waals surface area contributed by atoms with Gasteiger partial charge in [0, 0.05) is 26.6 Å². The number of nitrogens with zero attached hydrogens (tertiary/aromatic N) is 2. The van der Waals surface area contributed by atoms with E-state index in [1.54, 1.807) is 25.7 Å². The summed E-state index contributed by atoms with van der Waals surface area (Å²) in [6, 6.07) is 1.23. The number of aromatic nitrogens is 2. The average molecular weight is 330 g/mol. The van der Waals surface area contributed by atoms with Crippen molar-refractivity contribution in [3.8, 4) is 0 Å². The van der Waals surface area contributed by atoms with Crippen LogP contribution in [0.3, 0.4) is 0 Å². The molecular weight excluding hydrogens is 311 g/mol. The molecule has 0 aliphatic carbocycles. The van der Waals surface area contributed by atoms with Crippen molar-refractivity contribution in [1.29, 1.82) is 0 Å². The molecule has 2 heterocycles. The van der Waals surface area contributed by atoms with Gasteiger partial charge in [-0.3, -0.25) is 4.79 Å². The van der Waals surface area contributed by atoms with Gasteiger partial charge in [-0.2, -0.15) is 0 Å². The van der Waals surface area contributed by atoms with Crippen molar-refractivity contribution in [2.45, 2.75) is 13.0 Å². The first kappa shape index (κ1) is 18.2. The van der Waals surface area contributed by atoms with Crippen molar-refractivity contribution in [2.24, 2.45) is 0 Å². The molecular formula is C16H19BN2O5. The molecule has 0 aliphatic heterocycles. The highest BCUT2D eigenvalue weighted by Gasteiger charge is 2.21. The summed E-state index contributed by atoms with van der Waals surface area (Å²) in [7, 11) is 8.87. The third-order valence-corrected chi connectivity index (χ3v) is 3.50. The van der Waals surface area contributed by atoms with Crippen LogP contribution in [-0.2, 0) is 14.2 Å². The van der Waals surface area contributed by atoms with Crippen molar-refractivity contribution >= 4 is 30.3 Å². The van der Waals surface area contributed by atoms with Gasteiger partial charge in [-0.25, -0.2) is 9.78 Å². The monoisotopic (exact) mass is 330 g/mol. The number of hydrogen-bond acceptors (Lipinski definition) is 6. The van der Waals surface area contributed by atoms with Crippen LogP contribution in [-0.4, -0.2) is 57.4 Å². The SMILES string of the molecule is [B]c1cnc2c(c1)c(=O)c(C(=O)OCC)cn2C(COC)COC. The molecule has 0 aromatic carbocycles. The summed E-state index contributed by atoms with van der Waals surface area (Å²) in [5.74, 6) is -0.686. The number of carbonyl (C=O) groups is 1. The van der Waals surface area contributed by atoms with Crippen LogP contribution in [0.4, 0.5) is 0 Å². The highest BCUT2D eigenvalue weighted by Crippen LogP contribution is 2.16. The first-order valence-corrected chi connectivity index (χ1v) is 7.48. The molecule has 24 heavy (non-hydrogen) atoms. The van der Waals surface area contributed by atoms with E-state index >= 15 is 0 Å². The number of ether oxygens (including phenoxy) is 3. The van der Waals surface area contributed by atoms with Crippen LogP contribution in [0, 0.1) is 0 Å². The van der Waals surface area contributed by atoms with Gasteiger partial charge in [-0.15, -0.1) is 0 Å². The third kappa shape index (κ3) is 3.65. The maximum atomic E-state index is 12.6. The summed E-state index contributed by atoms with van der Waals surface area (Å²) in [6.45, 7) is 2.49. The molecule has 0 fully saturated rings. The molecule has 0 saturated heterocycles. The summed E-state index contributed by atoms with van der Waals surface area (Å²) in [5.41, 5.74) is 0.200. The van der Waals surface area contributed by atoms with E-state index in [0.717, 1.165) is 0 Å². The Morgan fingerprint density at radius 2 is 2.00 bits per heavy atom. The molecule has 8 heteroatoms. The number of pyridine rings is 2. The zero-order chi connectivity index (χ0) is 17.7. The molecule has 0 saturated carbocycles. The Balaban J connectivity index is 2.74. The van der Waals surface area contributed by atoms with Crippen LogP contribution >= 0.6 is 0 Å². The standard InChI is InChI=1S/C16H19BN2O5/c1-4-24-16(21)13-7-19(11(8-22-2)9-23-3)15-12(14(13)20)5-10(17)6-18-15/h5-7,11H,4,8-9H2,1-3H3. The highest BCUT2D eigenvalue weighted by atomic mass is 16.5. The maximum absolute atomic E-state index is 12.6. The Morgan fingerprint density at radius 1 is 1.33 bits per heavy atom. The van der Waals surface area contributed by atoms with Gasteiger partial charge in [-0.1, -0.05) is 11.5 Å². The molecule has 0 atom stereocenters. The zero-order valence-corrected chi connectivity index (χ0v) is 13.9. The fourth-order valence-electron chi connectivity index (χ4n) is 2.48. The van der Waals surface area contributed by atoms with Gasteiger partial charge in [0.05, 0.1) is 31.2 Å². The summed E-state index contributed by atoms with van der Waals surface area (Å²) in [4.78, 5) is 29.0. The molecule has 7 nitrogen and oxygen atoms in total. The largest absolute Gasteiger partial charge is 0.462 e. The second kappa shape index (κ2) is 8.07. The molecule has 0 bridgehead atoms. The molecule has 0 aliphatic rings. The van der Waals surface area contributed by atoms with Crippen LogP contribution in [0.5, 0.6) is 0 Å². The van der Waals surface area contributed by atoms with Crippen molar-refractivity contribution < 1.29 is 19.0 Å². The van der Waals surface area contributed by atoms with E-state index in [4.69, 9.17) is 22.1 Å². The van der Waals surface area contributed by atoms with E-state index in [1.165, 1.54) is 18.5 Å². The quantitative estimate of drug-likeness (QED) is 0.533. The van der Waals surface area contributed by atoms with Crippen LogP contribution in [0.15, 0.2) is 23.3 Å². The van der Waals surface area contributed by atoms with Gasteiger partial charge in [-0.05, 0) is 6.92 Å². The molecule has 0 unspecified atom stereocenters. The number of hydrogen-bond donors (Lipinski definition) is 0. The van der Waals surface area contributed by atoms with Crippen LogP contribution in [0.2, 0.25) is 0 Å². The molecule has 0 amide bonds. The van der Waals surface area contributed by atoms with Crippen LogP contribution in [0.1, 0.15) is 23.3 Å². The van der Waals surface area contributed by atoms with Crippen LogP contribution < -0.4 is 10.9 Å². The fourth-order valence-corrected chi connectivity index (χ4v) is 2.48. The minimum Gasteiger partial charge on any atom is -0.462 e. The average Bonchev–Trinajstić information content (AvgIpc) is 2.55. The van der Waals surface area contributed by atoms with Gasteiger partial charge in [0.2, 0.25) is 5.43 Å². The topological polar surface area (TPSA) is 79.7 Å². The Labute approximate surface area is 140 Å². The Bertz CT molecular complexity index is 784. The van der Waals surface area contributed by atoms with E-state index in [2.05, 4.69) is 4.98 Å². The second-order valence-electron chi connectivity index (χ2n) is 5.20. The Kier molecular flexibility index (Phi) is 6.11. The molecule has 126 valence electrons. The van der Waals surface area contributed by atoms with E-state index in [0.29, 0.717) is 24.3 Å². The molecule has 2 aromatic heterocycles. The lowest BCUT2D eigenvalue weighted by Gasteiger charge is -2.21. The fraction of sp³-hybridized carbons (Fsp3) is 0.438. The molecule has 2 radical (unpaired) electrons. The van der Waals surface area contributed by atoms with E-state index in [9.17, 15) is 9.59 Å². The zero-order valence-electron chi connectivity index (χ0n) is 13.9. The summed E-state index contributed by atoms with van der Waals surface area (Å²) >= 11 is 0. The van der Waals surface area contributed by atoms with E-state index < -0.39 is 11.4 Å². The predicted octanol–water partition coefficient (Wildman–Crippen LogP) is 0.201. The molecule has 0 spiro atoms. The summed E-state index contributed by atoms with van der Waals surface area (Å²) in [6.07, 6.45) is 2.90. The predicted molar refractivity (Wildman–Crippen MR) is 90.1 cm³/mol. The third-order valence-electron chi connectivity index (χ3n) is 3.50. The van der Waals surface area contributed by atoms with Crippen molar-refractivity contribution in [2.75, 3.05) is 34.0 Å². The molecule has 0 N–H and O–H groups in total. The maximum Gasteiger partial charge on any atom is 0.343 e. The van der Waals surface area contributed by atoms with Gasteiger partial charge < -0.3 is 18.8 Å². The van der Waals surface area contributed by atoms with Crippen molar-refractivity contribution in [1.82, 2.24) is 9.55 Å². The first-order chi connectivity index (χ1) is 11.5. The van der Waals surface area contributed by atoms with E-state index in [-0.39, 0.29) is 23.6 Å². The smallest absolute Gasteiger partial charge is 0.343 e. The highest BCUT2D eigenvalue weighted by molar-refractivity contribution is 6.32. The first-order valence-electron chi connectivity index (χ1n) is 7.48. The number of esters is 1. The lowest BCUT2D eigenvalue weighted by molar-refractivity contribution is 0.0522. The minimum absolute atomic E-state index is 0.0750. The number of fused-ring (bicyclic) bond motifs is 1. The normalized spacial score (nSPS) is 11.2. The molecule has 2 rings (SSSR count). The van der Waals surface area contributed by atoms with Gasteiger partial charge in [0.1, 0.15) is 19.1 Å². The second-order valence-corrected chi connectivity index (χ2v) is 5.20. The Morgan fingerprint density at radius 3 is 2.58 bits per heavy atom. The van der Waals surface area contributed by atoms with E-state index in [1.807, 2.05) is 0 Å². The molecule has 2 aromatic rings. The van der Waals surface area contributed by atoms with Crippen molar-refractivity contribution in [3.63, 3.8) is 0 Å². The summed E-state index contributed by atoms with van der Waals surface area (Å²) < 4.78 is 17.1.